The minimum Gasteiger partial charge on any atom is -0.341 e. The lowest BCUT2D eigenvalue weighted by atomic mass is 9.80. The Kier molecular flexibility index (Phi) is 4.36. The van der Waals surface area contributed by atoms with Gasteiger partial charge >= 0.3 is 0 Å². The van der Waals surface area contributed by atoms with Gasteiger partial charge in [0.1, 0.15) is 0 Å². The van der Waals surface area contributed by atoms with E-state index in [0.29, 0.717) is 17.9 Å². The minimum atomic E-state index is 0.246. The lowest BCUT2D eigenvalue weighted by Gasteiger charge is -2.26. The van der Waals surface area contributed by atoms with Crippen LogP contribution in [0.15, 0.2) is 0 Å². The molecule has 1 aliphatic rings. The summed E-state index contributed by atoms with van der Waals surface area (Å²) in [7, 11) is 0. The molecule has 1 amide bonds. The first-order valence-corrected chi connectivity index (χ1v) is 6.32. The fourth-order valence-corrected chi connectivity index (χ4v) is 2.06. The summed E-state index contributed by atoms with van der Waals surface area (Å²) >= 11 is 0. The second-order valence-corrected chi connectivity index (χ2v) is 6.22. The van der Waals surface area contributed by atoms with Crippen LogP contribution in [0.1, 0.15) is 41.0 Å². The normalized spacial score (nSPS) is 22.2. The molecule has 1 aliphatic heterocycles. The number of amides is 1. The Labute approximate surface area is 99.6 Å². The smallest absolute Gasteiger partial charge is 0.222 e. The Morgan fingerprint density at radius 1 is 1.44 bits per heavy atom. The van der Waals surface area contributed by atoms with E-state index in [0.717, 1.165) is 26.1 Å². The summed E-state index contributed by atoms with van der Waals surface area (Å²) in [5.41, 5.74) is 0.246. The van der Waals surface area contributed by atoms with E-state index in [1.807, 2.05) is 4.90 Å². The minimum absolute atomic E-state index is 0.246. The van der Waals surface area contributed by atoms with Gasteiger partial charge in [0.15, 0.2) is 0 Å². The quantitative estimate of drug-likeness (QED) is 0.794. The molecule has 16 heavy (non-hydrogen) atoms. The topological polar surface area (TPSA) is 32.3 Å². The summed E-state index contributed by atoms with van der Waals surface area (Å²) in [6, 6.07) is 0.496. The van der Waals surface area contributed by atoms with Crippen molar-refractivity contribution < 1.29 is 4.79 Å². The van der Waals surface area contributed by atoms with Gasteiger partial charge in [0.05, 0.1) is 0 Å². The molecule has 1 N–H and O–H groups in total. The van der Waals surface area contributed by atoms with Gasteiger partial charge in [0, 0.05) is 32.1 Å². The molecule has 1 fully saturated rings. The van der Waals surface area contributed by atoms with Crippen LogP contribution in [0.5, 0.6) is 0 Å². The predicted octanol–water partition coefficient (Wildman–Crippen LogP) is 1.88. The number of hydrogen-bond acceptors (Lipinski definition) is 2. The van der Waals surface area contributed by atoms with Gasteiger partial charge in [0.2, 0.25) is 5.91 Å². The predicted molar refractivity (Wildman–Crippen MR) is 67.3 cm³/mol. The van der Waals surface area contributed by atoms with E-state index in [-0.39, 0.29) is 5.41 Å². The highest BCUT2D eigenvalue weighted by atomic mass is 16.2. The van der Waals surface area contributed by atoms with Gasteiger partial charge in [-0.3, -0.25) is 4.79 Å². The molecule has 1 saturated heterocycles. The van der Waals surface area contributed by atoms with E-state index < -0.39 is 0 Å². The average molecular weight is 226 g/mol. The third-order valence-corrected chi connectivity index (χ3v) is 3.37. The van der Waals surface area contributed by atoms with Crippen LogP contribution in [0.2, 0.25) is 0 Å². The zero-order chi connectivity index (χ0) is 12.3. The van der Waals surface area contributed by atoms with Gasteiger partial charge in [0.25, 0.3) is 0 Å². The Morgan fingerprint density at radius 2 is 2.06 bits per heavy atom. The number of nitrogens with one attached hydrogen (secondary N) is 1. The molecule has 0 aromatic rings. The molecule has 3 nitrogen and oxygen atoms in total. The van der Waals surface area contributed by atoms with Crippen molar-refractivity contribution in [2.24, 2.45) is 11.3 Å². The molecule has 1 atom stereocenters. The van der Waals surface area contributed by atoms with Crippen molar-refractivity contribution in [2.45, 2.75) is 47.1 Å². The molecule has 0 bridgehead atoms. The van der Waals surface area contributed by atoms with Gasteiger partial charge in [-0.2, -0.15) is 0 Å². The molecule has 0 saturated carbocycles. The Balaban J connectivity index is 2.37. The van der Waals surface area contributed by atoms with Crippen molar-refractivity contribution in [1.82, 2.24) is 10.2 Å². The van der Waals surface area contributed by atoms with E-state index in [9.17, 15) is 4.79 Å². The highest BCUT2D eigenvalue weighted by molar-refractivity contribution is 5.78. The van der Waals surface area contributed by atoms with Crippen LogP contribution in [0.3, 0.4) is 0 Å². The lowest BCUT2D eigenvalue weighted by Crippen LogP contribution is -2.36. The number of nitrogens with zero attached hydrogens (tertiary/aromatic N) is 1. The maximum atomic E-state index is 11.8. The molecule has 0 aromatic carbocycles. The molecule has 0 spiro atoms. The van der Waals surface area contributed by atoms with E-state index in [4.69, 9.17) is 0 Å². The van der Waals surface area contributed by atoms with E-state index in [1.54, 1.807) is 0 Å². The SMILES string of the molecule is CC(C)NCCN1CC(C(C)(C)C)CC1=O. The zero-order valence-corrected chi connectivity index (χ0v) is 11.3. The Morgan fingerprint density at radius 3 is 2.50 bits per heavy atom. The van der Waals surface area contributed by atoms with Crippen LogP contribution in [0.25, 0.3) is 0 Å². The van der Waals surface area contributed by atoms with Gasteiger partial charge in [-0.05, 0) is 11.3 Å². The largest absolute Gasteiger partial charge is 0.341 e. The zero-order valence-electron chi connectivity index (χ0n) is 11.3. The summed E-state index contributed by atoms with van der Waals surface area (Å²) < 4.78 is 0. The van der Waals surface area contributed by atoms with Gasteiger partial charge < -0.3 is 10.2 Å². The highest BCUT2D eigenvalue weighted by Gasteiger charge is 2.36. The van der Waals surface area contributed by atoms with Crippen molar-refractivity contribution >= 4 is 5.91 Å². The molecule has 0 aromatic heterocycles. The molecule has 1 unspecified atom stereocenters. The van der Waals surface area contributed by atoms with Crippen LogP contribution >= 0.6 is 0 Å². The first-order chi connectivity index (χ1) is 7.30. The number of rotatable bonds is 4. The van der Waals surface area contributed by atoms with E-state index >= 15 is 0 Å². The first kappa shape index (κ1) is 13.5. The van der Waals surface area contributed by atoms with Crippen molar-refractivity contribution in [3.63, 3.8) is 0 Å². The molecule has 0 radical (unpaired) electrons. The average Bonchev–Trinajstić information content (AvgIpc) is 2.46. The number of carbonyl (C=O) groups excluding carboxylic acids is 1. The van der Waals surface area contributed by atoms with Crippen LogP contribution in [0, 0.1) is 11.3 Å². The second-order valence-electron chi connectivity index (χ2n) is 6.22. The molecular formula is C13H26N2O. The monoisotopic (exact) mass is 226 g/mol. The fraction of sp³-hybridized carbons (Fsp3) is 0.923. The van der Waals surface area contributed by atoms with Crippen molar-refractivity contribution in [1.29, 1.82) is 0 Å². The fourth-order valence-electron chi connectivity index (χ4n) is 2.06. The number of hydrogen-bond donors (Lipinski definition) is 1. The van der Waals surface area contributed by atoms with Gasteiger partial charge in [-0.1, -0.05) is 34.6 Å². The van der Waals surface area contributed by atoms with Crippen LogP contribution in [-0.4, -0.2) is 36.5 Å². The molecule has 1 rings (SSSR count). The summed E-state index contributed by atoms with van der Waals surface area (Å²) in [5.74, 6) is 0.838. The molecular weight excluding hydrogens is 200 g/mol. The summed E-state index contributed by atoms with van der Waals surface area (Å²) in [4.78, 5) is 13.8. The lowest BCUT2D eigenvalue weighted by molar-refractivity contribution is -0.127. The number of carbonyl (C=O) groups is 1. The second kappa shape index (κ2) is 5.17. The standard InChI is InChI=1S/C13H26N2O/c1-10(2)14-6-7-15-9-11(8-12(15)16)13(3,4)5/h10-11,14H,6-9H2,1-5H3. The van der Waals surface area contributed by atoms with Crippen LogP contribution < -0.4 is 5.32 Å². The van der Waals surface area contributed by atoms with E-state index in [2.05, 4.69) is 39.9 Å². The third kappa shape index (κ3) is 3.78. The van der Waals surface area contributed by atoms with Crippen molar-refractivity contribution in [3.05, 3.63) is 0 Å². The summed E-state index contributed by atoms with van der Waals surface area (Å²) in [6.07, 6.45) is 0.727. The van der Waals surface area contributed by atoms with Crippen LogP contribution in [-0.2, 0) is 4.79 Å². The first-order valence-electron chi connectivity index (χ1n) is 6.32. The molecule has 94 valence electrons. The molecule has 3 heteroatoms. The van der Waals surface area contributed by atoms with E-state index in [1.165, 1.54) is 0 Å². The van der Waals surface area contributed by atoms with Gasteiger partial charge in [-0.25, -0.2) is 0 Å². The summed E-state index contributed by atoms with van der Waals surface area (Å²) in [5, 5.41) is 3.35. The van der Waals surface area contributed by atoms with Crippen molar-refractivity contribution in [3.8, 4) is 0 Å². The van der Waals surface area contributed by atoms with Gasteiger partial charge in [-0.15, -0.1) is 0 Å². The summed E-state index contributed by atoms with van der Waals surface area (Å²) in [6.45, 7) is 13.6. The third-order valence-electron chi connectivity index (χ3n) is 3.37. The number of likely N-dealkylation sites (tertiary alicyclic amines) is 1. The molecule has 1 heterocycles. The highest BCUT2D eigenvalue weighted by Crippen LogP contribution is 2.33. The maximum absolute atomic E-state index is 11.8. The Hall–Kier alpha value is -0.570. The Bertz CT molecular complexity index is 243. The molecule has 0 aliphatic carbocycles. The maximum Gasteiger partial charge on any atom is 0.222 e. The van der Waals surface area contributed by atoms with Crippen LogP contribution in [0.4, 0.5) is 0 Å². The van der Waals surface area contributed by atoms with Crippen molar-refractivity contribution in [2.75, 3.05) is 19.6 Å².